The summed E-state index contributed by atoms with van der Waals surface area (Å²) in [4.78, 5) is 37.1. The van der Waals surface area contributed by atoms with Crippen LogP contribution in [-0.4, -0.2) is 76.2 Å². The summed E-state index contributed by atoms with van der Waals surface area (Å²) in [6, 6.07) is 7.54. The number of non-ortho nitro benzene ring substituents is 1. The molecule has 10 heteroatoms. The molecular formula is C25H32N6O4. The van der Waals surface area contributed by atoms with Crippen molar-refractivity contribution in [3.8, 4) is 0 Å². The molecule has 10 nitrogen and oxygen atoms in total. The van der Waals surface area contributed by atoms with E-state index in [1.165, 1.54) is 31.9 Å². The molecule has 35 heavy (non-hydrogen) atoms. The SMILES string of the molecule is O=C(O)c1cnc(N2CCC3(CCC(N4CCN(c5ccc([N+](=O)[O-])cc5)CC4)CC3)CC2)cn1. The average Bonchev–Trinajstić information content (AvgIpc) is 2.90. The Kier molecular flexibility index (Phi) is 6.55. The van der Waals surface area contributed by atoms with Gasteiger partial charge in [0.05, 0.1) is 17.3 Å². The summed E-state index contributed by atoms with van der Waals surface area (Å²) < 4.78 is 0. The number of piperazine rings is 1. The van der Waals surface area contributed by atoms with Crippen molar-refractivity contribution in [2.75, 3.05) is 49.1 Å². The molecule has 2 saturated heterocycles. The lowest BCUT2D eigenvalue weighted by molar-refractivity contribution is -0.384. The number of nitrogens with zero attached hydrogens (tertiary/aromatic N) is 6. The highest BCUT2D eigenvalue weighted by atomic mass is 16.6. The summed E-state index contributed by atoms with van der Waals surface area (Å²) in [6.07, 6.45) is 10.2. The number of nitro benzene ring substituents is 1. The lowest BCUT2D eigenvalue weighted by atomic mass is 9.66. The molecule has 1 spiro atoms. The van der Waals surface area contributed by atoms with Gasteiger partial charge in [-0.15, -0.1) is 0 Å². The minimum absolute atomic E-state index is 0.0193. The Morgan fingerprint density at radius 2 is 1.57 bits per heavy atom. The maximum absolute atomic E-state index is 11.0. The molecule has 2 aromatic rings. The van der Waals surface area contributed by atoms with Gasteiger partial charge in [-0.3, -0.25) is 15.0 Å². The van der Waals surface area contributed by atoms with Crippen LogP contribution in [0.2, 0.25) is 0 Å². The number of piperidine rings is 1. The molecule has 1 saturated carbocycles. The Morgan fingerprint density at radius 3 is 2.11 bits per heavy atom. The third-order valence-corrected chi connectivity index (χ3v) is 8.28. The number of nitro groups is 1. The van der Waals surface area contributed by atoms with E-state index < -0.39 is 5.97 Å². The van der Waals surface area contributed by atoms with Gasteiger partial charge >= 0.3 is 5.97 Å². The van der Waals surface area contributed by atoms with Gasteiger partial charge in [-0.25, -0.2) is 14.8 Å². The molecule has 1 aromatic heterocycles. The molecule has 0 bridgehead atoms. The molecule has 0 atom stereocenters. The molecule has 1 aromatic carbocycles. The number of carboxylic acids is 1. The number of aromatic carboxylic acids is 1. The van der Waals surface area contributed by atoms with Gasteiger partial charge in [0.25, 0.3) is 5.69 Å². The smallest absolute Gasteiger partial charge is 0.356 e. The van der Waals surface area contributed by atoms with E-state index in [0.29, 0.717) is 11.5 Å². The monoisotopic (exact) mass is 480 g/mol. The van der Waals surface area contributed by atoms with Crippen molar-refractivity contribution in [1.82, 2.24) is 14.9 Å². The van der Waals surface area contributed by atoms with Crippen molar-refractivity contribution in [3.63, 3.8) is 0 Å². The van der Waals surface area contributed by atoms with E-state index in [4.69, 9.17) is 5.11 Å². The molecule has 1 aliphatic carbocycles. The van der Waals surface area contributed by atoms with Crippen LogP contribution in [0.1, 0.15) is 49.0 Å². The molecule has 2 aliphatic heterocycles. The standard InChI is InChI=1S/C25H32N6O4/c32-24(33)22-17-27-23(18-26-22)30-11-9-25(10-12-30)7-5-20(6-8-25)29-15-13-28(14-16-29)19-1-3-21(4-2-19)31(34)35/h1-4,17-18,20H,5-16H2,(H,32,33). The lowest BCUT2D eigenvalue weighted by Crippen LogP contribution is -2.52. The van der Waals surface area contributed by atoms with E-state index in [9.17, 15) is 14.9 Å². The number of hydrogen-bond acceptors (Lipinski definition) is 8. The van der Waals surface area contributed by atoms with Crippen LogP contribution < -0.4 is 9.80 Å². The van der Waals surface area contributed by atoms with Crippen LogP contribution in [0.25, 0.3) is 0 Å². The second kappa shape index (κ2) is 9.77. The summed E-state index contributed by atoms with van der Waals surface area (Å²) in [5.74, 6) is -0.282. The van der Waals surface area contributed by atoms with Crippen molar-refractivity contribution < 1.29 is 14.8 Å². The zero-order chi connectivity index (χ0) is 24.4. The fourth-order valence-corrected chi connectivity index (χ4v) is 6.02. The normalized spacial score (nSPS) is 21.3. The first-order valence-electron chi connectivity index (χ1n) is 12.5. The van der Waals surface area contributed by atoms with E-state index >= 15 is 0 Å². The third-order valence-electron chi connectivity index (χ3n) is 8.28. The highest BCUT2D eigenvalue weighted by molar-refractivity contribution is 5.84. The van der Waals surface area contributed by atoms with Crippen LogP contribution in [0.4, 0.5) is 17.2 Å². The molecular weight excluding hydrogens is 448 g/mol. The maximum atomic E-state index is 11.0. The van der Waals surface area contributed by atoms with E-state index in [0.717, 1.165) is 63.6 Å². The first-order chi connectivity index (χ1) is 16.9. The first-order valence-corrected chi connectivity index (χ1v) is 12.5. The van der Waals surface area contributed by atoms with Crippen LogP contribution in [0, 0.1) is 15.5 Å². The van der Waals surface area contributed by atoms with E-state index in [1.54, 1.807) is 18.3 Å². The maximum Gasteiger partial charge on any atom is 0.356 e. The minimum atomic E-state index is -1.05. The number of benzene rings is 1. The number of anilines is 2. The number of hydrogen-bond donors (Lipinski definition) is 1. The molecule has 5 rings (SSSR count). The van der Waals surface area contributed by atoms with Gasteiger partial charge in [0, 0.05) is 63.1 Å². The molecule has 0 unspecified atom stereocenters. The fraction of sp³-hybridized carbons (Fsp3) is 0.560. The number of aromatic nitrogens is 2. The third kappa shape index (κ3) is 5.07. The highest BCUT2D eigenvalue weighted by Gasteiger charge is 2.40. The topological polar surface area (TPSA) is 116 Å². The Balaban J connectivity index is 1.08. The molecule has 1 N–H and O–H groups in total. The summed E-state index contributed by atoms with van der Waals surface area (Å²) in [5, 5.41) is 19.9. The van der Waals surface area contributed by atoms with Gasteiger partial charge in [-0.05, 0) is 56.1 Å². The Bertz CT molecular complexity index is 1030. The quantitative estimate of drug-likeness (QED) is 0.507. The molecule has 0 amide bonds. The van der Waals surface area contributed by atoms with Crippen LogP contribution >= 0.6 is 0 Å². The molecule has 3 fully saturated rings. The largest absolute Gasteiger partial charge is 0.476 e. The molecule has 186 valence electrons. The van der Waals surface area contributed by atoms with Gasteiger partial charge in [0.1, 0.15) is 5.82 Å². The molecule has 3 aliphatic rings. The summed E-state index contributed by atoms with van der Waals surface area (Å²) >= 11 is 0. The Labute approximate surface area is 204 Å². The Morgan fingerprint density at radius 1 is 0.914 bits per heavy atom. The zero-order valence-corrected chi connectivity index (χ0v) is 19.9. The minimum Gasteiger partial charge on any atom is -0.476 e. The van der Waals surface area contributed by atoms with Crippen molar-refractivity contribution in [3.05, 3.63) is 52.5 Å². The number of rotatable bonds is 5. The lowest BCUT2D eigenvalue weighted by Gasteiger charge is -2.49. The Hall–Kier alpha value is -3.27. The number of carboxylic acid groups (broad SMARTS) is 1. The predicted molar refractivity (Wildman–Crippen MR) is 132 cm³/mol. The second-order valence-corrected chi connectivity index (χ2v) is 10.1. The van der Waals surface area contributed by atoms with Gasteiger partial charge < -0.3 is 14.9 Å². The molecule has 0 radical (unpaired) electrons. The second-order valence-electron chi connectivity index (χ2n) is 10.1. The van der Waals surface area contributed by atoms with Gasteiger partial charge in [0.15, 0.2) is 5.69 Å². The molecule has 3 heterocycles. The van der Waals surface area contributed by atoms with Crippen LogP contribution in [0.15, 0.2) is 36.7 Å². The van der Waals surface area contributed by atoms with Crippen molar-refractivity contribution in [1.29, 1.82) is 0 Å². The average molecular weight is 481 g/mol. The fourth-order valence-electron chi connectivity index (χ4n) is 6.02. The highest BCUT2D eigenvalue weighted by Crippen LogP contribution is 2.46. The van der Waals surface area contributed by atoms with E-state index in [-0.39, 0.29) is 16.3 Å². The van der Waals surface area contributed by atoms with Gasteiger partial charge in [-0.2, -0.15) is 0 Å². The van der Waals surface area contributed by atoms with Crippen molar-refractivity contribution >= 4 is 23.2 Å². The van der Waals surface area contributed by atoms with E-state index in [2.05, 4.69) is 24.7 Å². The zero-order valence-electron chi connectivity index (χ0n) is 19.9. The van der Waals surface area contributed by atoms with Gasteiger partial charge in [-0.1, -0.05) is 0 Å². The van der Waals surface area contributed by atoms with E-state index in [1.807, 2.05) is 12.1 Å². The van der Waals surface area contributed by atoms with Crippen molar-refractivity contribution in [2.24, 2.45) is 5.41 Å². The summed E-state index contributed by atoms with van der Waals surface area (Å²) in [6.45, 7) is 5.87. The predicted octanol–water partition coefficient (Wildman–Crippen LogP) is 3.43. The van der Waals surface area contributed by atoms with Crippen molar-refractivity contribution in [2.45, 2.75) is 44.6 Å². The number of carbonyl (C=O) groups is 1. The van der Waals surface area contributed by atoms with Crippen LogP contribution in [0.3, 0.4) is 0 Å². The van der Waals surface area contributed by atoms with Crippen LogP contribution in [-0.2, 0) is 0 Å². The van der Waals surface area contributed by atoms with Crippen LogP contribution in [0.5, 0.6) is 0 Å². The summed E-state index contributed by atoms with van der Waals surface area (Å²) in [5.41, 5.74) is 1.60. The van der Waals surface area contributed by atoms with Gasteiger partial charge in [0.2, 0.25) is 0 Å². The summed E-state index contributed by atoms with van der Waals surface area (Å²) in [7, 11) is 0. The first kappa shape index (κ1) is 23.5.